The van der Waals surface area contributed by atoms with Crippen LogP contribution < -0.4 is 0 Å². The SMILES string of the molecule is CC/C=C/CCCCCCCCCCCO[C@@H]1CO[C@@H]([C@@H](O)CO)[C@H]1O. The summed E-state index contributed by atoms with van der Waals surface area (Å²) in [5.74, 6) is 0. The number of aliphatic hydroxyl groups is 3. The van der Waals surface area contributed by atoms with Crippen molar-refractivity contribution in [3.63, 3.8) is 0 Å². The zero-order chi connectivity index (χ0) is 19.0. The summed E-state index contributed by atoms with van der Waals surface area (Å²) in [6.45, 7) is 2.65. The Bertz CT molecular complexity index is 347. The second-order valence-corrected chi connectivity index (χ2v) is 7.30. The number of hydrogen-bond acceptors (Lipinski definition) is 5. The summed E-state index contributed by atoms with van der Waals surface area (Å²) >= 11 is 0. The molecule has 154 valence electrons. The van der Waals surface area contributed by atoms with Gasteiger partial charge in [-0.15, -0.1) is 0 Å². The van der Waals surface area contributed by atoms with Crippen LogP contribution in [0.2, 0.25) is 0 Å². The zero-order valence-electron chi connectivity index (χ0n) is 16.5. The van der Waals surface area contributed by atoms with Gasteiger partial charge in [0.2, 0.25) is 0 Å². The summed E-state index contributed by atoms with van der Waals surface area (Å²) in [7, 11) is 0. The van der Waals surface area contributed by atoms with E-state index in [9.17, 15) is 10.2 Å². The molecular formula is C21H40O5. The van der Waals surface area contributed by atoms with Crippen molar-refractivity contribution in [2.45, 2.75) is 102 Å². The minimum atomic E-state index is -1.05. The van der Waals surface area contributed by atoms with Crippen LogP contribution in [-0.4, -0.2) is 59.6 Å². The minimum Gasteiger partial charge on any atom is -0.394 e. The molecule has 5 nitrogen and oxygen atoms in total. The first-order valence-corrected chi connectivity index (χ1v) is 10.6. The van der Waals surface area contributed by atoms with Gasteiger partial charge in [-0.2, -0.15) is 0 Å². The van der Waals surface area contributed by atoms with Crippen LogP contribution in [0.15, 0.2) is 12.2 Å². The van der Waals surface area contributed by atoms with Gasteiger partial charge in [0.1, 0.15) is 24.4 Å². The average molecular weight is 373 g/mol. The Hall–Kier alpha value is -0.460. The maximum atomic E-state index is 10.0. The molecule has 0 unspecified atom stereocenters. The standard InChI is InChI=1S/C21H40O5/c1-2-3-4-5-6-7-8-9-10-11-12-13-14-15-25-19-17-26-21(20(19)24)18(23)16-22/h3-4,18-24H,2,5-17H2,1H3/b4-3+/t18-,19+,20-,21-/m0/s1. The molecule has 0 aromatic carbocycles. The van der Waals surface area contributed by atoms with E-state index in [2.05, 4.69) is 19.1 Å². The van der Waals surface area contributed by atoms with Gasteiger partial charge >= 0.3 is 0 Å². The first-order chi connectivity index (χ1) is 12.7. The Balaban J connectivity index is 1.86. The quantitative estimate of drug-likeness (QED) is 0.286. The summed E-state index contributed by atoms with van der Waals surface area (Å²) in [5, 5.41) is 28.5. The molecule has 1 rings (SSSR count). The van der Waals surface area contributed by atoms with Crippen LogP contribution in [0.3, 0.4) is 0 Å². The van der Waals surface area contributed by atoms with Gasteiger partial charge in [0, 0.05) is 6.61 Å². The number of aliphatic hydroxyl groups excluding tert-OH is 3. The molecule has 0 spiro atoms. The van der Waals surface area contributed by atoms with E-state index in [1.807, 2.05) is 0 Å². The fraction of sp³-hybridized carbons (Fsp3) is 0.905. The minimum absolute atomic E-state index is 0.275. The van der Waals surface area contributed by atoms with Crippen LogP contribution in [0.1, 0.15) is 77.6 Å². The van der Waals surface area contributed by atoms with Gasteiger partial charge in [-0.3, -0.25) is 0 Å². The summed E-state index contributed by atoms with van der Waals surface area (Å²) < 4.78 is 11.0. The van der Waals surface area contributed by atoms with E-state index in [-0.39, 0.29) is 6.61 Å². The van der Waals surface area contributed by atoms with Gasteiger partial charge in [-0.25, -0.2) is 0 Å². The molecule has 4 atom stereocenters. The fourth-order valence-electron chi connectivity index (χ4n) is 3.32. The van der Waals surface area contributed by atoms with Crippen LogP contribution in [0.25, 0.3) is 0 Å². The Kier molecular flexibility index (Phi) is 14.1. The Morgan fingerprint density at radius 3 is 2.23 bits per heavy atom. The number of hydrogen-bond donors (Lipinski definition) is 3. The molecule has 26 heavy (non-hydrogen) atoms. The number of rotatable bonds is 16. The zero-order valence-corrected chi connectivity index (χ0v) is 16.5. The third kappa shape index (κ3) is 10.0. The van der Waals surface area contributed by atoms with E-state index in [0.29, 0.717) is 6.61 Å². The highest BCUT2D eigenvalue weighted by molar-refractivity contribution is 4.88. The lowest BCUT2D eigenvalue weighted by atomic mass is 10.1. The lowest BCUT2D eigenvalue weighted by Gasteiger charge is -2.20. The Morgan fingerprint density at radius 1 is 1.00 bits per heavy atom. The molecule has 0 aliphatic carbocycles. The molecule has 1 heterocycles. The molecule has 0 amide bonds. The molecule has 0 radical (unpaired) electrons. The van der Waals surface area contributed by atoms with Gasteiger partial charge in [-0.05, 0) is 25.7 Å². The third-order valence-electron chi connectivity index (χ3n) is 4.99. The number of unbranched alkanes of at least 4 members (excludes halogenated alkanes) is 9. The van der Waals surface area contributed by atoms with Crippen molar-refractivity contribution in [1.82, 2.24) is 0 Å². The van der Waals surface area contributed by atoms with E-state index in [0.717, 1.165) is 19.3 Å². The Labute approximate surface area is 159 Å². The predicted octanol–water partition coefficient (Wildman–Crippen LogP) is 3.35. The fourth-order valence-corrected chi connectivity index (χ4v) is 3.32. The second-order valence-electron chi connectivity index (χ2n) is 7.30. The van der Waals surface area contributed by atoms with Crippen molar-refractivity contribution in [2.24, 2.45) is 0 Å². The Morgan fingerprint density at radius 2 is 1.62 bits per heavy atom. The number of allylic oxidation sites excluding steroid dienone is 2. The first kappa shape index (κ1) is 23.6. The normalized spacial score (nSPS) is 24.5. The highest BCUT2D eigenvalue weighted by Crippen LogP contribution is 2.20. The molecular weight excluding hydrogens is 332 g/mol. The molecule has 1 aliphatic heterocycles. The van der Waals surface area contributed by atoms with Crippen molar-refractivity contribution in [2.75, 3.05) is 19.8 Å². The molecule has 1 saturated heterocycles. The molecule has 5 heteroatoms. The lowest BCUT2D eigenvalue weighted by molar-refractivity contribution is -0.0730. The van der Waals surface area contributed by atoms with Crippen molar-refractivity contribution in [1.29, 1.82) is 0 Å². The van der Waals surface area contributed by atoms with E-state index in [4.69, 9.17) is 14.6 Å². The summed E-state index contributed by atoms with van der Waals surface area (Å²) in [4.78, 5) is 0. The second kappa shape index (κ2) is 15.6. The van der Waals surface area contributed by atoms with Gasteiger partial charge in [-0.1, -0.05) is 64.0 Å². The van der Waals surface area contributed by atoms with Gasteiger partial charge in [0.05, 0.1) is 13.2 Å². The molecule has 3 N–H and O–H groups in total. The summed E-state index contributed by atoms with van der Waals surface area (Å²) in [5.41, 5.74) is 0. The molecule has 1 aliphatic rings. The molecule has 0 aromatic rings. The monoisotopic (exact) mass is 372 g/mol. The van der Waals surface area contributed by atoms with Crippen molar-refractivity contribution >= 4 is 0 Å². The van der Waals surface area contributed by atoms with Crippen LogP contribution >= 0.6 is 0 Å². The van der Waals surface area contributed by atoms with Crippen molar-refractivity contribution < 1.29 is 24.8 Å². The third-order valence-corrected chi connectivity index (χ3v) is 4.99. The highest BCUT2D eigenvalue weighted by atomic mass is 16.6. The molecule has 0 saturated carbocycles. The first-order valence-electron chi connectivity index (χ1n) is 10.6. The molecule has 0 aromatic heterocycles. The van der Waals surface area contributed by atoms with Gasteiger partial charge < -0.3 is 24.8 Å². The number of ether oxygens (including phenoxy) is 2. The van der Waals surface area contributed by atoms with Crippen molar-refractivity contribution in [3.05, 3.63) is 12.2 Å². The van der Waals surface area contributed by atoms with Crippen LogP contribution in [0.5, 0.6) is 0 Å². The van der Waals surface area contributed by atoms with E-state index < -0.39 is 31.0 Å². The average Bonchev–Trinajstić information content (AvgIpc) is 3.02. The maximum absolute atomic E-state index is 10.0. The van der Waals surface area contributed by atoms with Gasteiger partial charge in [0.25, 0.3) is 0 Å². The summed E-state index contributed by atoms with van der Waals surface area (Å²) in [6, 6.07) is 0. The van der Waals surface area contributed by atoms with Crippen LogP contribution in [0, 0.1) is 0 Å². The topological polar surface area (TPSA) is 79.2 Å². The van der Waals surface area contributed by atoms with E-state index in [1.54, 1.807) is 0 Å². The lowest BCUT2D eigenvalue weighted by Crippen LogP contribution is -2.41. The smallest absolute Gasteiger partial charge is 0.114 e. The van der Waals surface area contributed by atoms with E-state index in [1.165, 1.54) is 51.4 Å². The van der Waals surface area contributed by atoms with Crippen LogP contribution in [-0.2, 0) is 9.47 Å². The molecule has 1 fully saturated rings. The molecule has 0 bridgehead atoms. The van der Waals surface area contributed by atoms with Crippen LogP contribution in [0.4, 0.5) is 0 Å². The van der Waals surface area contributed by atoms with Crippen molar-refractivity contribution in [3.8, 4) is 0 Å². The highest BCUT2D eigenvalue weighted by Gasteiger charge is 2.40. The largest absolute Gasteiger partial charge is 0.394 e. The summed E-state index contributed by atoms with van der Waals surface area (Å²) in [6.07, 6.45) is 15.2. The van der Waals surface area contributed by atoms with Gasteiger partial charge in [0.15, 0.2) is 0 Å². The maximum Gasteiger partial charge on any atom is 0.114 e. The predicted molar refractivity (Wildman–Crippen MR) is 104 cm³/mol. The van der Waals surface area contributed by atoms with E-state index >= 15 is 0 Å².